The molecule has 0 aromatic heterocycles. The van der Waals surface area contributed by atoms with E-state index in [-0.39, 0.29) is 16.5 Å². The van der Waals surface area contributed by atoms with Gasteiger partial charge in [0.1, 0.15) is 0 Å². The number of nitro benzene ring substituents is 1. The van der Waals surface area contributed by atoms with Crippen LogP contribution in [0.2, 0.25) is 0 Å². The van der Waals surface area contributed by atoms with E-state index in [4.69, 9.17) is 5.26 Å². The number of nitrogens with zero attached hydrogens (tertiary/aromatic N) is 3. The Balaban J connectivity index is 2.99. The standard InChI is InChI=1S/C15H22N4O2/c1-4-17-15-7-6-14(19(20)21)8-13(15)11-18(5-2)10-12(3)9-16/h6-8,12,17H,4-5,10-11H2,1-3H3. The normalized spacial score (nSPS) is 12.0. The van der Waals surface area contributed by atoms with E-state index in [1.807, 2.05) is 20.8 Å². The van der Waals surface area contributed by atoms with Crippen LogP contribution in [0, 0.1) is 27.4 Å². The molecule has 0 aliphatic carbocycles. The first-order chi connectivity index (χ1) is 10.0. The molecule has 0 aliphatic rings. The van der Waals surface area contributed by atoms with E-state index in [1.54, 1.807) is 12.1 Å². The van der Waals surface area contributed by atoms with Gasteiger partial charge < -0.3 is 5.32 Å². The Morgan fingerprint density at radius 3 is 2.71 bits per heavy atom. The fourth-order valence-corrected chi connectivity index (χ4v) is 2.16. The minimum absolute atomic E-state index is 0.0637. The highest BCUT2D eigenvalue weighted by atomic mass is 16.6. The van der Waals surface area contributed by atoms with Gasteiger partial charge in [-0.05, 0) is 32.0 Å². The topological polar surface area (TPSA) is 82.2 Å². The summed E-state index contributed by atoms with van der Waals surface area (Å²) in [5.74, 6) is -0.0637. The number of nitro groups is 1. The molecule has 0 spiro atoms. The Morgan fingerprint density at radius 2 is 2.19 bits per heavy atom. The minimum atomic E-state index is -0.382. The first-order valence-corrected chi connectivity index (χ1v) is 7.14. The average Bonchev–Trinajstić information content (AvgIpc) is 2.47. The summed E-state index contributed by atoms with van der Waals surface area (Å²) in [4.78, 5) is 12.7. The van der Waals surface area contributed by atoms with Crippen molar-refractivity contribution in [3.05, 3.63) is 33.9 Å². The van der Waals surface area contributed by atoms with E-state index in [9.17, 15) is 10.1 Å². The molecular weight excluding hydrogens is 268 g/mol. The molecule has 1 atom stereocenters. The predicted molar refractivity (Wildman–Crippen MR) is 83.0 cm³/mol. The summed E-state index contributed by atoms with van der Waals surface area (Å²) in [6, 6.07) is 7.09. The van der Waals surface area contributed by atoms with Gasteiger partial charge in [0.05, 0.1) is 16.9 Å². The van der Waals surface area contributed by atoms with Crippen LogP contribution >= 0.6 is 0 Å². The molecule has 1 rings (SSSR count). The van der Waals surface area contributed by atoms with Crippen LogP contribution in [0.4, 0.5) is 11.4 Å². The van der Waals surface area contributed by atoms with Gasteiger partial charge in [0.15, 0.2) is 0 Å². The summed E-state index contributed by atoms with van der Waals surface area (Å²) in [6.45, 7) is 8.68. The van der Waals surface area contributed by atoms with Crippen LogP contribution in [0.1, 0.15) is 26.3 Å². The van der Waals surface area contributed by atoms with Crippen molar-refractivity contribution in [1.82, 2.24) is 4.90 Å². The van der Waals surface area contributed by atoms with Crippen molar-refractivity contribution in [2.24, 2.45) is 5.92 Å². The highest BCUT2D eigenvalue weighted by Gasteiger charge is 2.14. The summed E-state index contributed by atoms with van der Waals surface area (Å²) in [7, 11) is 0. The molecule has 114 valence electrons. The summed E-state index contributed by atoms with van der Waals surface area (Å²) in [5, 5.41) is 23.1. The molecule has 1 unspecified atom stereocenters. The lowest BCUT2D eigenvalue weighted by Gasteiger charge is -2.23. The maximum Gasteiger partial charge on any atom is 0.269 e. The molecule has 1 N–H and O–H groups in total. The van der Waals surface area contributed by atoms with Gasteiger partial charge in [0, 0.05) is 37.5 Å². The number of anilines is 1. The second-order valence-corrected chi connectivity index (χ2v) is 4.99. The van der Waals surface area contributed by atoms with Crippen molar-refractivity contribution < 1.29 is 4.92 Å². The molecule has 0 bridgehead atoms. The molecule has 0 saturated heterocycles. The van der Waals surface area contributed by atoms with E-state index < -0.39 is 0 Å². The molecule has 6 heteroatoms. The lowest BCUT2D eigenvalue weighted by Crippen LogP contribution is -2.28. The summed E-state index contributed by atoms with van der Waals surface area (Å²) in [6.07, 6.45) is 0. The maximum absolute atomic E-state index is 10.9. The lowest BCUT2D eigenvalue weighted by molar-refractivity contribution is -0.384. The zero-order valence-corrected chi connectivity index (χ0v) is 12.8. The van der Waals surface area contributed by atoms with E-state index in [1.165, 1.54) is 6.07 Å². The van der Waals surface area contributed by atoms with Crippen molar-refractivity contribution in [2.75, 3.05) is 25.0 Å². The third-order valence-corrected chi connectivity index (χ3v) is 3.26. The molecule has 0 radical (unpaired) electrons. The first kappa shape index (κ1) is 16.9. The Labute approximate surface area is 125 Å². The fraction of sp³-hybridized carbons (Fsp3) is 0.533. The molecule has 0 aliphatic heterocycles. The van der Waals surface area contributed by atoms with E-state index >= 15 is 0 Å². The molecule has 6 nitrogen and oxygen atoms in total. The van der Waals surface area contributed by atoms with Crippen LogP contribution in [-0.4, -0.2) is 29.5 Å². The number of hydrogen-bond donors (Lipinski definition) is 1. The number of hydrogen-bond acceptors (Lipinski definition) is 5. The van der Waals surface area contributed by atoms with Gasteiger partial charge >= 0.3 is 0 Å². The first-order valence-electron chi connectivity index (χ1n) is 7.14. The molecule has 0 heterocycles. The van der Waals surface area contributed by atoms with Gasteiger partial charge in [-0.15, -0.1) is 0 Å². The smallest absolute Gasteiger partial charge is 0.269 e. The third kappa shape index (κ3) is 5.04. The highest BCUT2D eigenvalue weighted by molar-refractivity contribution is 5.56. The summed E-state index contributed by atoms with van der Waals surface area (Å²) >= 11 is 0. The second-order valence-electron chi connectivity index (χ2n) is 4.99. The van der Waals surface area contributed by atoms with Crippen LogP contribution in [0.5, 0.6) is 0 Å². The van der Waals surface area contributed by atoms with Crippen LogP contribution in [0.15, 0.2) is 18.2 Å². The molecule has 1 aromatic rings. The van der Waals surface area contributed by atoms with Gasteiger partial charge in [0.25, 0.3) is 5.69 Å². The maximum atomic E-state index is 10.9. The van der Waals surface area contributed by atoms with Gasteiger partial charge in [-0.2, -0.15) is 5.26 Å². The van der Waals surface area contributed by atoms with Crippen molar-refractivity contribution in [2.45, 2.75) is 27.3 Å². The Hall–Kier alpha value is -2.13. The largest absolute Gasteiger partial charge is 0.385 e. The van der Waals surface area contributed by atoms with E-state index in [2.05, 4.69) is 16.3 Å². The highest BCUT2D eigenvalue weighted by Crippen LogP contribution is 2.23. The number of benzene rings is 1. The molecule has 1 aromatic carbocycles. The number of nitriles is 1. The SMILES string of the molecule is CCNc1ccc([N+](=O)[O-])cc1CN(CC)CC(C)C#N. The molecule has 0 saturated carbocycles. The van der Waals surface area contributed by atoms with Gasteiger partial charge in [0.2, 0.25) is 0 Å². The predicted octanol–water partition coefficient (Wildman–Crippen LogP) is 3.01. The molecule has 0 amide bonds. The van der Waals surface area contributed by atoms with Crippen LogP contribution < -0.4 is 5.32 Å². The van der Waals surface area contributed by atoms with Crippen molar-refractivity contribution in [1.29, 1.82) is 5.26 Å². The molecular formula is C15H22N4O2. The fourth-order valence-electron chi connectivity index (χ4n) is 2.16. The van der Waals surface area contributed by atoms with Crippen molar-refractivity contribution in [3.63, 3.8) is 0 Å². The average molecular weight is 290 g/mol. The number of non-ortho nitro benzene ring substituents is 1. The third-order valence-electron chi connectivity index (χ3n) is 3.26. The summed E-state index contributed by atoms with van der Waals surface area (Å²) in [5.41, 5.74) is 1.89. The van der Waals surface area contributed by atoms with E-state index in [0.717, 1.165) is 24.3 Å². The Morgan fingerprint density at radius 1 is 1.48 bits per heavy atom. The second kappa shape index (κ2) is 8.22. The lowest BCUT2D eigenvalue weighted by atomic mass is 10.1. The number of rotatable bonds is 8. The van der Waals surface area contributed by atoms with Gasteiger partial charge in [-0.25, -0.2) is 0 Å². The quantitative estimate of drug-likeness (QED) is 0.588. The summed E-state index contributed by atoms with van der Waals surface area (Å²) < 4.78 is 0. The van der Waals surface area contributed by atoms with Crippen LogP contribution in [0.3, 0.4) is 0 Å². The minimum Gasteiger partial charge on any atom is -0.385 e. The molecule has 0 fully saturated rings. The Kier molecular flexibility index (Phi) is 6.63. The van der Waals surface area contributed by atoms with E-state index in [0.29, 0.717) is 13.1 Å². The Bertz CT molecular complexity index is 525. The van der Waals surface area contributed by atoms with Crippen LogP contribution in [-0.2, 0) is 6.54 Å². The monoisotopic (exact) mass is 290 g/mol. The van der Waals surface area contributed by atoms with Crippen LogP contribution in [0.25, 0.3) is 0 Å². The van der Waals surface area contributed by atoms with Gasteiger partial charge in [-0.3, -0.25) is 15.0 Å². The van der Waals surface area contributed by atoms with Crippen molar-refractivity contribution >= 4 is 11.4 Å². The molecule has 21 heavy (non-hydrogen) atoms. The van der Waals surface area contributed by atoms with Gasteiger partial charge in [-0.1, -0.05) is 6.92 Å². The zero-order valence-electron chi connectivity index (χ0n) is 12.8. The zero-order chi connectivity index (χ0) is 15.8. The number of nitrogens with one attached hydrogen (secondary N) is 1. The van der Waals surface area contributed by atoms with Crippen molar-refractivity contribution in [3.8, 4) is 6.07 Å².